The van der Waals surface area contributed by atoms with Crippen LogP contribution in [0.25, 0.3) is 0 Å². The Morgan fingerprint density at radius 1 is 1.12 bits per heavy atom. The maximum Gasteiger partial charge on any atom is 0.308 e. The van der Waals surface area contributed by atoms with E-state index in [0.29, 0.717) is 5.92 Å². The third-order valence-electron chi connectivity index (χ3n) is 2.46. The van der Waals surface area contributed by atoms with E-state index in [1.54, 1.807) is 0 Å². The highest BCUT2D eigenvalue weighted by Gasteiger charge is 2.19. The smallest absolute Gasteiger partial charge is 0.308 e. The van der Waals surface area contributed by atoms with E-state index in [-0.39, 0.29) is 24.0 Å². The van der Waals surface area contributed by atoms with Crippen LogP contribution in [0.1, 0.15) is 40.5 Å². The Bertz CT molecular complexity index is 237. The lowest BCUT2D eigenvalue weighted by molar-refractivity contribution is -0.148. The fraction of sp³-hybridized carbons (Fsp3) is 0.833. The van der Waals surface area contributed by atoms with Crippen molar-refractivity contribution >= 4 is 11.9 Å². The van der Waals surface area contributed by atoms with Gasteiger partial charge in [-0.2, -0.15) is 0 Å². The number of carbonyl (C=O) groups excluding carboxylic acids is 2. The quantitative estimate of drug-likeness (QED) is 0.656. The molecule has 16 heavy (non-hydrogen) atoms. The minimum Gasteiger partial charge on any atom is -0.469 e. The Balaban J connectivity index is 3.93. The zero-order valence-corrected chi connectivity index (χ0v) is 10.8. The van der Waals surface area contributed by atoms with Crippen molar-refractivity contribution in [2.75, 3.05) is 7.11 Å². The van der Waals surface area contributed by atoms with Crippen LogP contribution in [0.2, 0.25) is 0 Å². The molecule has 4 heteroatoms. The van der Waals surface area contributed by atoms with Crippen LogP contribution in [-0.4, -0.2) is 25.2 Å². The van der Waals surface area contributed by atoms with E-state index in [4.69, 9.17) is 4.74 Å². The van der Waals surface area contributed by atoms with E-state index in [0.717, 1.165) is 12.8 Å². The van der Waals surface area contributed by atoms with E-state index in [1.807, 2.05) is 20.8 Å². The highest BCUT2D eigenvalue weighted by molar-refractivity contribution is 5.71. The van der Waals surface area contributed by atoms with Crippen LogP contribution in [0.15, 0.2) is 0 Å². The molecule has 0 aromatic carbocycles. The SMILES string of the molecule is COC(=O)[C@@H](C)C[C@@H](C)C[C@@H](C)OC(C)=O. The fourth-order valence-corrected chi connectivity index (χ4v) is 1.90. The second-order valence-corrected chi connectivity index (χ2v) is 4.42. The van der Waals surface area contributed by atoms with Gasteiger partial charge in [0.15, 0.2) is 0 Å². The summed E-state index contributed by atoms with van der Waals surface area (Å²) in [6, 6.07) is 0. The molecule has 0 aliphatic heterocycles. The summed E-state index contributed by atoms with van der Waals surface area (Å²) in [6.07, 6.45) is 1.41. The molecule has 0 fully saturated rings. The fourth-order valence-electron chi connectivity index (χ4n) is 1.90. The number of esters is 2. The maximum atomic E-state index is 11.2. The van der Waals surface area contributed by atoms with Gasteiger partial charge in [0.25, 0.3) is 0 Å². The number of rotatable bonds is 6. The maximum absolute atomic E-state index is 11.2. The highest BCUT2D eigenvalue weighted by Crippen LogP contribution is 2.19. The lowest BCUT2D eigenvalue weighted by Crippen LogP contribution is -2.20. The van der Waals surface area contributed by atoms with Crippen molar-refractivity contribution in [1.82, 2.24) is 0 Å². The first-order chi connectivity index (χ1) is 7.36. The number of carbonyl (C=O) groups is 2. The molecule has 0 unspecified atom stereocenters. The van der Waals surface area contributed by atoms with E-state index < -0.39 is 0 Å². The molecule has 0 bridgehead atoms. The van der Waals surface area contributed by atoms with Gasteiger partial charge in [-0.05, 0) is 25.7 Å². The molecule has 0 radical (unpaired) electrons. The van der Waals surface area contributed by atoms with Gasteiger partial charge in [-0.1, -0.05) is 13.8 Å². The van der Waals surface area contributed by atoms with Gasteiger partial charge < -0.3 is 9.47 Å². The zero-order valence-electron chi connectivity index (χ0n) is 10.8. The van der Waals surface area contributed by atoms with Crippen molar-refractivity contribution in [3.63, 3.8) is 0 Å². The molecule has 0 aliphatic carbocycles. The van der Waals surface area contributed by atoms with E-state index >= 15 is 0 Å². The lowest BCUT2D eigenvalue weighted by Gasteiger charge is -2.19. The summed E-state index contributed by atoms with van der Waals surface area (Å²) in [5, 5.41) is 0. The standard InChI is InChI=1S/C12H22O4/c1-8(6-9(2)12(14)15-5)7-10(3)16-11(4)13/h8-10H,6-7H2,1-5H3/t8-,9+,10-/m1/s1. The molecule has 0 heterocycles. The summed E-state index contributed by atoms with van der Waals surface area (Å²) in [6.45, 7) is 7.15. The van der Waals surface area contributed by atoms with Crippen LogP contribution in [-0.2, 0) is 19.1 Å². The Kier molecular flexibility index (Phi) is 6.77. The van der Waals surface area contributed by atoms with E-state index in [1.165, 1.54) is 14.0 Å². The Labute approximate surface area is 97.3 Å². The molecule has 0 rings (SSSR count). The van der Waals surface area contributed by atoms with Crippen molar-refractivity contribution in [2.24, 2.45) is 11.8 Å². The number of hydrogen-bond acceptors (Lipinski definition) is 4. The molecule has 0 amide bonds. The molecule has 94 valence electrons. The number of hydrogen-bond donors (Lipinski definition) is 0. The summed E-state index contributed by atoms with van der Waals surface area (Å²) < 4.78 is 9.69. The van der Waals surface area contributed by atoms with Crippen LogP contribution in [0.3, 0.4) is 0 Å². The minimum absolute atomic E-state index is 0.0997. The van der Waals surface area contributed by atoms with Crippen LogP contribution in [0.4, 0.5) is 0 Å². The molecule has 0 saturated heterocycles. The number of ether oxygens (including phenoxy) is 2. The van der Waals surface area contributed by atoms with Gasteiger partial charge >= 0.3 is 11.9 Å². The monoisotopic (exact) mass is 230 g/mol. The van der Waals surface area contributed by atoms with Gasteiger partial charge in [-0.15, -0.1) is 0 Å². The Morgan fingerprint density at radius 2 is 1.69 bits per heavy atom. The number of methoxy groups -OCH3 is 1. The van der Waals surface area contributed by atoms with Crippen molar-refractivity contribution in [1.29, 1.82) is 0 Å². The third-order valence-corrected chi connectivity index (χ3v) is 2.46. The summed E-state index contributed by atoms with van der Waals surface area (Å²) in [4.78, 5) is 21.9. The first-order valence-corrected chi connectivity index (χ1v) is 5.61. The molecule has 0 spiro atoms. The van der Waals surface area contributed by atoms with Crippen LogP contribution in [0.5, 0.6) is 0 Å². The highest BCUT2D eigenvalue weighted by atomic mass is 16.5. The first kappa shape index (κ1) is 14.9. The summed E-state index contributed by atoms with van der Waals surface area (Å²) in [5.41, 5.74) is 0. The predicted molar refractivity (Wildman–Crippen MR) is 60.8 cm³/mol. The lowest BCUT2D eigenvalue weighted by atomic mass is 9.93. The van der Waals surface area contributed by atoms with Gasteiger partial charge in [-0.25, -0.2) is 0 Å². The summed E-state index contributed by atoms with van der Waals surface area (Å²) in [5.74, 6) is -0.235. The average Bonchev–Trinajstić information content (AvgIpc) is 2.14. The molecule has 0 saturated carbocycles. The van der Waals surface area contributed by atoms with Crippen molar-refractivity contribution in [3.8, 4) is 0 Å². The molecule has 0 aromatic heterocycles. The average molecular weight is 230 g/mol. The molecule has 3 atom stereocenters. The van der Waals surface area contributed by atoms with Crippen LogP contribution < -0.4 is 0 Å². The Morgan fingerprint density at radius 3 is 2.12 bits per heavy atom. The zero-order chi connectivity index (χ0) is 12.7. The second-order valence-electron chi connectivity index (χ2n) is 4.42. The summed E-state index contributed by atoms with van der Waals surface area (Å²) in [7, 11) is 1.39. The van der Waals surface area contributed by atoms with Crippen LogP contribution in [0, 0.1) is 11.8 Å². The van der Waals surface area contributed by atoms with Gasteiger partial charge in [-0.3, -0.25) is 9.59 Å². The van der Waals surface area contributed by atoms with Crippen LogP contribution >= 0.6 is 0 Å². The third kappa shape index (κ3) is 6.43. The largest absolute Gasteiger partial charge is 0.469 e. The molecule has 0 N–H and O–H groups in total. The normalized spacial score (nSPS) is 16.1. The van der Waals surface area contributed by atoms with Crippen molar-refractivity contribution in [2.45, 2.75) is 46.6 Å². The first-order valence-electron chi connectivity index (χ1n) is 5.61. The Hall–Kier alpha value is -1.06. The van der Waals surface area contributed by atoms with Crippen molar-refractivity contribution < 1.29 is 19.1 Å². The predicted octanol–water partition coefficient (Wildman–Crippen LogP) is 2.16. The molecular weight excluding hydrogens is 208 g/mol. The van der Waals surface area contributed by atoms with E-state index in [9.17, 15) is 9.59 Å². The van der Waals surface area contributed by atoms with Gasteiger partial charge in [0.1, 0.15) is 0 Å². The topological polar surface area (TPSA) is 52.6 Å². The minimum atomic E-state index is -0.263. The van der Waals surface area contributed by atoms with E-state index in [2.05, 4.69) is 4.74 Å². The molecule has 0 aliphatic rings. The van der Waals surface area contributed by atoms with Gasteiger partial charge in [0.2, 0.25) is 0 Å². The second kappa shape index (κ2) is 7.25. The van der Waals surface area contributed by atoms with Gasteiger partial charge in [0.05, 0.1) is 19.1 Å². The molecular formula is C12H22O4. The summed E-state index contributed by atoms with van der Waals surface area (Å²) >= 11 is 0. The molecule has 0 aromatic rings. The van der Waals surface area contributed by atoms with Crippen molar-refractivity contribution in [3.05, 3.63) is 0 Å². The van der Waals surface area contributed by atoms with Gasteiger partial charge in [0, 0.05) is 6.92 Å². The molecule has 4 nitrogen and oxygen atoms in total.